The number of ether oxygens (including phenoxy) is 2. The van der Waals surface area contributed by atoms with Crippen molar-refractivity contribution in [2.24, 2.45) is 11.8 Å². The van der Waals surface area contributed by atoms with Gasteiger partial charge in [0, 0.05) is 41.9 Å². The molecular weight excluding hydrogens is 463 g/mol. The molecule has 0 unspecified atom stereocenters. The molecule has 3 aromatic rings. The predicted octanol–water partition coefficient (Wildman–Crippen LogP) is 5.77. The molecule has 0 radical (unpaired) electrons. The van der Waals surface area contributed by atoms with Gasteiger partial charge in [0.25, 0.3) is 0 Å². The van der Waals surface area contributed by atoms with E-state index in [1.807, 2.05) is 36.4 Å². The SMILES string of the molecule is COc1ccc2nccc([C@H](F)CC[C@@H]3CCN(CCSc4ccccc4OC)C[C@@H]3CO)c2c1. The fraction of sp³-hybridized carbons (Fsp3) is 0.464. The van der Waals surface area contributed by atoms with Crippen molar-refractivity contribution in [3.63, 3.8) is 0 Å². The number of alkyl halides is 1. The van der Waals surface area contributed by atoms with Crippen molar-refractivity contribution in [2.45, 2.75) is 30.3 Å². The van der Waals surface area contributed by atoms with E-state index in [2.05, 4.69) is 16.0 Å². The summed E-state index contributed by atoms with van der Waals surface area (Å²) < 4.78 is 26.2. The van der Waals surface area contributed by atoms with E-state index in [0.717, 1.165) is 59.8 Å². The lowest BCUT2D eigenvalue weighted by atomic mass is 9.81. The molecule has 0 bridgehead atoms. The highest BCUT2D eigenvalue weighted by molar-refractivity contribution is 7.99. The second kappa shape index (κ2) is 12.6. The largest absolute Gasteiger partial charge is 0.497 e. The minimum absolute atomic E-state index is 0.146. The Balaban J connectivity index is 1.29. The smallest absolute Gasteiger partial charge is 0.132 e. The number of methoxy groups -OCH3 is 2. The van der Waals surface area contributed by atoms with E-state index >= 15 is 4.39 Å². The summed E-state index contributed by atoms with van der Waals surface area (Å²) >= 11 is 1.80. The molecule has 0 aliphatic carbocycles. The second-order valence-corrected chi connectivity index (χ2v) is 10.3. The normalized spacial score (nSPS) is 19.5. The number of fused-ring (bicyclic) bond motifs is 1. The Morgan fingerprint density at radius 2 is 2.00 bits per heavy atom. The van der Waals surface area contributed by atoms with Crippen molar-refractivity contribution in [3.8, 4) is 11.5 Å². The van der Waals surface area contributed by atoms with E-state index in [9.17, 15) is 5.11 Å². The molecule has 1 aliphatic heterocycles. The fourth-order valence-electron chi connectivity index (χ4n) is 5.03. The molecule has 0 saturated carbocycles. The maximum absolute atomic E-state index is 15.4. The van der Waals surface area contributed by atoms with E-state index in [-0.39, 0.29) is 12.5 Å². The van der Waals surface area contributed by atoms with Crippen LogP contribution in [0.4, 0.5) is 4.39 Å². The first-order chi connectivity index (χ1) is 17.1. The number of rotatable bonds is 11. The number of hydrogen-bond acceptors (Lipinski definition) is 6. The molecule has 0 spiro atoms. The Bertz CT molecular complexity index is 1100. The Hall–Kier alpha value is -2.35. The lowest BCUT2D eigenvalue weighted by molar-refractivity contribution is 0.0672. The number of thioether (sulfide) groups is 1. The average molecular weight is 499 g/mol. The van der Waals surface area contributed by atoms with Gasteiger partial charge in [0.1, 0.15) is 17.7 Å². The van der Waals surface area contributed by atoms with Gasteiger partial charge in [0.15, 0.2) is 0 Å². The summed E-state index contributed by atoms with van der Waals surface area (Å²) in [5, 5.41) is 10.9. The monoisotopic (exact) mass is 498 g/mol. The first-order valence-electron chi connectivity index (χ1n) is 12.3. The quantitative estimate of drug-likeness (QED) is 0.339. The van der Waals surface area contributed by atoms with Crippen LogP contribution >= 0.6 is 11.8 Å². The van der Waals surface area contributed by atoms with Gasteiger partial charge in [-0.15, -0.1) is 11.8 Å². The third-order valence-electron chi connectivity index (χ3n) is 7.05. The maximum Gasteiger partial charge on any atom is 0.132 e. The summed E-state index contributed by atoms with van der Waals surface area (Å²) in [6.45, 7) is 2.95. The van der Waals surface area contributed by atoms with Crippen molar-refractivity contribution in [1.29, 1.82) is 0 Å². The van der Waals surface area contributed by atoms with Crippen LogP contribution in [0.3, 0.4) is 0 Å². The molecule has 1 N–H and O–H groups in total. The van der Waals surface area contributed by atoms with Gasteiger partial charge in [-0.25, -0.2) is 4.39 Å². The number of hydrogen-bond donors (Lipinski definition) is 1. The van der Waals surface area contributed by atoms with Crippen molar-refractivity contribution in [3.05, 3.63) is 60.3 Å². The van der Waals surface area contributed by atoms with Gasteiger partial charge in [-0.05, 0) is 79.6 Å². The molecule has 3 atom stereocenters. The van der Waals surface area contributed by atoms with E-state index in [4.69, 9.17) is 9.47 Å². The number of para-hydroxylation sites is 1. The van der Waals surface area contributed by atoms with Crippen LogP contribution in [0.1, 0.15) is 31.0 Å². The number of nitrogens with zero attached hydrogens (tertiary/aromatic N) is 2. The van der Waals surface area contributed by atoms with E-state index in [1.165, 1.54) is 0 Å². The van der Waals surface area contributed by atoms with Crippen LogP contribution in [0.5, 0.6) is 11.5 Å². The standard InChI is InChI=1S/C28H35FN2O3S/c1-33-22-8-10-26-24(17-22)23(11-13-30-26)25(29)9-7-20-12-14-31(18-21(20)19-32)15-16-35-28-6-4-3-5-27(28)34-2/h3-6,8,10-11,13,17,20-21,25,32H,7,9,12,14-16,18-19H2,1-2H3/t20-,21-,25-/m1/s1. The number of aromatic nitrogens is 1. The van der Waals surface area contributed by atoms with Crippen LogP contribution < -0.4 is 9.47 Å². The molecule has 0 amide bonds. The average Bonchev–Trinajstić information content (AvgIpc) is 2.91. The van der Waals surface area contributed by atoms with E-state index in [1.54, 1.807) is 38.2 Å². The van der Waals surface area contributed by atoms with Crippen LogP contribution in [0.15, 0.2) is 59.6 Å². The second-order valence-electron chi connectivity index (χ2n) is 9.12. The Kier molecular flexibility index (Phi) is 9.24. The van der Waals surface area contributed by atoms with Gasteiger partial charge in [0.05, 0.1) is 19.7 Å². The van der Waals surface area contributed by atoms with Gasteiger partial charge in [-0.3, -0.25) is 4.98 Å². The first-order valence-corrected chi connectivity index (χ1v) is 13.3. The number of aliphatic hydroxyl groups is 1. The zero-order valence-electron chi connectivity index (χ0n) is 20.5. The Morgan fingerprint density at radius 3 is 2.80 bits per heavy atom. The molecule has 1 fully saturated rings. The number of benzene rings is 2. The zero-order chi connectivity index (χ0) is 24.6. The van der Waals surface area contributed by atoms with Gasteiger partial charge >= 0.3 is 0 Å². The molecule has 7 heteroatoms. The molecule has 2 aromatic carbocycles. The first kappa shape index (κ1) is 25.7. The lowest BCUT2D eigenvalue weighted by Gasteiger charge is -2.38. The molecule has 188 valence electrons. The molecule has 35 heavy (non-hydrogen) atoms. The zero-order valence-corrected chi connectivity index (χ0v) is 21.3. The van der Waals surface area contributed by atoms with Crippen LogP contribution in [-0.4, -0.2) is 61.2 Å². The molecule has 2 heterocycles. The number of aliphatic hydroxyl groups excluding tert-OH is 1. The number of piperidine rings is 1. The van der Waals surface area contributed by atoms with Gasteiger partial charge in [-0.1, -0.05) is 12.1 Å². The third kappa shape index (κ3) is 6.46. The maximum atomic E-state index is 15.4. The number of pyridine rings is 1. The Labute approximate surface area is 211 Å². The van der Waals surface area contributed by atoms with E-state index < -0.39 is 6.17 Å². The molecule has 1 saturated heterocycles. The fourth-order valence-corrected chi connectivity index (χ4v) is 6.07. The molecule has 5 nitrogen and oxygen atoms in total. The van der Waals surface area contributed by atoms with Crippen molar-refractivity contribution < 1.29 is 19.0 Å². The topological polar surface area (TPSA) is 54.8 Å². The summed E-state index contributed by atoms with van der Waals surface area (Å²) in [6.07, 6.45) is 2.81. The number of halogens is 1. The minimum atomic E-state index is -1.07. The highest BCUT2D eigenvalue weighted by Crippen LogP contribution is 2.35. The van der Waals surface area contributed by atoms with Gasteiger partial charge in [-0.2, -0.15) is 0 Å². The molecule has 4 rings (SSSR count). The van der Waals surface area contributed by atoms with Crippen LogP contribution in [0, 0.1) is 11.8 Å². The van der Waals surface area contributed by atoms with Crippen molar-refractivity contribution >= 4 is 22.7 Å². The molecule has 1 aliphatic rings. The van der Waals surface area contributed by atoms with Crippen LogP contribution in [-0.2, 0) is 0 Å². The third-order valence-corrected chi connectivity index (χ3v) is 8.09. The summed E-state index contributed by atoms with van der Waals surface area (Å²) in [6, 6.07) is 15.4. The van der Waals surface area contributed by atoms with Gasteiger partial charge in [0.2, 0.25) is 0 Å². The predicted molar refractivity (Wildman–Crippen MR) is 140 cm³/mol. The summed E-state index contributed by atoms with van der Waals surface area (Å²) in [7, 11) is 3.31. The number of likely N-dealkylation sites (tertiary alicyclic amines) is 1. The van der Waals surface area contributed by atoms with E-state index in [0.29, 0.717) is 23.7 Å². The van der Waals surface area contributed by atoms with Gasteiger partial charge < -0.3 is 19.5 Å². The minimum Gasteiger partial charge on any atom is -0.497 e. The highest BCUT2D eigenvalue weighted by atomic mass is 32.2. The summed E-state index contributed by atoms with van der Waals surface area (Å²) in [5.41, 5.74) is 1.44. The Morgan fingerprint density at radius 1 is 1.14 bits per heavy atom. The summed E-state index contributed by atoms with van der Waals surface area (Å²) in [4.78, 5) is 7.94. The van der Waals surface area contributed by atoms with Crippen molar-refractivity contribution in [1.82, 2.24) is 9.88 Å². The summed E-state index contributed by atoms with van der Waals surface area (Å²) in [5.74, 6) is 3.09. The van der Waals surface area contributed by atoms with Crippen LogP contribution in [0.25, 0.3) is 10.9 Å². The van der Waals surface area contributed by atoms with Crippen molar-refractivity contribution in [2.75, 3.05) is 46.2 Å². The molecule has 1 aromatic heterocycles. The van der Waals surface area contributed by atoms with Crippen LogP contribution in [0.2, 0.25) is 0 Å². The lowest BCUT2D eigenvalue weighted by Crippen LogP contribution is -2.43. The highest BCUT2D eigenvalue weighted by Gasteiger charge is 2.29. The molecular formula is C28H35FN2O3S.